The number of hydrogen-bond donors (Lipinski definition) is 1. The smallest absolute Gasteiger partial charge is 0.408 e. The molecule has 1 aliphatic rings. The first-order chi connectivity index (χ1) is 16.1. The molecule has 1 heterocycles. The minimum absolute atomic E-state index is 0.0901. The highest BCUT2D eigenvalue weighted by Crippen LogP contribution is 2.40. The lowest BCUT2D eigenvalue weighted by Gasteiger charge is -2.27. The molecule has 1 aliphatic heterocycles. The van der Waals surface area contributed by atoms with Gasteiger partial charge in [-0.25, -0.2) is 4.79 Å². The van der Waals surface area contributed by atoms with Crippen molar-refractivity contribution in [2.24, 2.45) is 5.41 Å². The maximum absolute atomic E-state index is 13.2. The van der Waals surface area contributed by atoms with Crippen molar-refractivity contribution in [3.63, 3.8) is 0 Å². The fourth-order valence-electron chi connectivity index (χ4n) is 4.14. The number of alkyl carbamates (subject to hydrolysis) is 1. The van der Waals surface area contributed by atoms with Gasteiger partial charge in [0.2, 0.25) is 0 Å². The first kappa shape index (κ1) is 25.3. The molecular formula is C27H33NO6. The first-order valence-corrected chi connectivity index (χ1v) is 11.6. The van der Waals surface area contributed by atoms with Gasteiger partial charge in [-0.3, -0.25) is 9.59 Å². The van der Waals surface area contributed by atoms with E-state index < -0.39 is 41.2 Å². The summed E-state index contributed by atoms with van der Waals surface area (Å²) in [6.07, 6.45) is -0.684. The van der Waals surface area contributed by atoms with Crippen LogP contribution in [0.25, 0.3) is 0 Å². The van der Waals surface area contributed by atoms with Crippen molar-refractivity contribution in [2.45, 2.75) is 64.7 Å². The van der Waals surface area contributed by atoms with Crippen molar-refractivity contribution in [1.82, 2.24) is 5.32 Å². The Hall–Kier alpha value is -3.35. The monoisotopic (exact) mass is 467 g/mol. The maximum atomic E-state index is 13.2. The highest BCUT2D eigenvalue weighted by atomic mass is 16.6. The van der Waals surface area contributed by atoms with Crippen LogP contribution in [-0.4, -0.2) is 42.4 Å². The van der Waals surface area contributed by atoms with Gasteiger partial charge in [0, 0.05) is 6.42 Å². The summed E-state index contributed by atoms with van der Waals surface area (Å²) in [5.41, 5.74) is -0.383. The van der Waals surface area contributed by atoms with Gasteiger partial charge in [0.1, 0.15) is 11.7 Å². The van der Waals surface area contributed by atoms with Crippen LogP contribution >= 0.6 is 0 Å². The first-order valence-electron chi connectivity index (χ1n) is 11.6. The molecule has 0 saturated carbocycles. The topological polar surface area (TPSA) is 90.9 Å². The van der Waals surface area contributed by atoms with E-state index in [2.05, 4.69) is 5.32 Å². The Bertz CT molecular complexity index is 985. The minimum atomic E-state index is -1.48. The Balaban J connectivity index is 1.89. The highest BCUT2D eigenvalue weighted by molar-refractivity contribution is 6.01. The van der Waals surface area contributed by atoms with E-state index in [0.29, 0.717) is 6.42 Å². The number of esters is 2. The number of carbonyl (C=O) groups is 3. The molecule has 3 rings (SSSR count). The molecule has 0 aliphatic carbocycles. The molecule has 182 valence electrons. The number of rotatable bonds is 8. The Morgan fingerprint density at radius 3 is 2.21 bits per heavy atom. The number of nitrogens with one attached hydrogen (secondary N) is 1. The number of ether oxygens (including phenoxy) is 3. The fraction of sp³-hybridized carbons (Fsp3) is 0.444. The molecule has 7 nitrogen and oxygen atoms in total. The lowest BCUT2D eigenvalue weighted by molar-refractivity contribution is -0.165. The zero-order chi connectivity index (χ0) is 24.8. The molecule has 2 aromatic rings. The highest BCUT2D eigenvalue weighted by Gasteiger charge is 2.57. The average molecular weight is 468 g/mol. The van der Waals surface area contributed by atoms with Crippen molar-refractivity contribution < 1.29 is 28.6 Å². The second-order valence-electron chi connectivity index (χ2n) is 9.56. The van der Waals surface area contributed by atoms with Gasteiger partial charge in [-0.1, -0.05) is 60.7 Å². The van der Waals surface area contributed by atoms with E-state index in [9.17, 15) is 14.4 Å². The third kappa shape index (κ3) is 6.37. The number of carbonyl (C=O) groups excluding carboxylic acids is 3. The molecule has 0 bridgehead atoms. The number of amides is 1. The number of hydrogen-bond acceptors (Lipinski definition) is 6. The van der Waals surface area contributed by atoms with Crippen LogP contribution in [0, 0.1) is 5.41 Å². The van der Waals surface area contributed by atoms with Crippen LogP contribution in [0.2, 0.25) is 0 Å². The van der Waals surface area contributed by atoms with E-state index in [0.717, 1.165) is 11.1 Å². The summed E-state index contributed by atoms with van der Waals surface area (Å²) in [7, 11) is 0. The Labute approximate surface area is 200 Å². The second kappa shape index (κ2) is 10.7. The van der Waals surface area contributed by atoms with Gasteiger partial charge < -0.3 is 19.5 Å². The number of cyclic esters (lactones) is 1. The summed E-state index contributed by atoms with van der Waals surface area (Å²) in [5, 5.41) is 2.87. The molecule has 3 unspecified atom stereocenters. The van der Waals surface area contributed by atoms with Crippen LogP contribution in [0.3, 0.4) is 0 Å². The molecule has 3 atom stereocenters. The van der Waals surface area contributed by atoms with Gasteiger partial charge in [0.15, 0.2) is 5.41 Å². The van der Waals surface area contributed by atoms with Crippen LogP contribution in [0.1, 0.15) is 45.2 Å². The van der Waals surface area contributed by atoms with Crippen LogP contribution in [0.15, 0.2) is 60.7 Å². The molecule has 0 spiro atoms. The van der Waals surface area contributed by atoms with E-state index in [1.165, 1.54) is 0 Å². The van der Waals surface area contributed by atoms with E-state index in [4.69, 9.17) is 14.2 Å². The van der Waals surface area contributed by atoms with Gasteiger partial charge in [0.25, 0.3) is 0 Å². The van der Waals surface area contributed by atoms with Crippen LogP contribution in [-0.2, 0) is 36.6 Å². The summed E-state index contributed by atoms with van der Waals surface area (Å²) < 4.78 is 16.5. The van der Waals surface area contributed by atoms with E-state index in [-0.39, 0.29) is 19.4 Å². The summed E-state index contributed by atoms with van der Waals surface area (Å²) >= 11 is 0. The zero-order valence-electron chi connectivity index (χ0n) is 20.2. The molecular weight excluding hydrogens is 434 g/mol. The van der Waals surface area contributed by atoms with E-state index >= 15 is 0 Å². The third-order valence-corrected chi connectivity index (χ3v) is 5.66. The average Bonchev–Trinajstić information content (AvgIpc) is 3.11. The predicted octanol–water partition coefficient (Wildman–Crippen LogP) is 4.23. The summed E-state index contributed by atoms with van der Waals surface area (Å²) in [5.74, 6) is -1.24. The fourth-order valence-corrected chi connectivity index (χ4v) is 4.14. The van der Waals surface area contributed by atoms with Gasteiger partial charge in [-0.05, 0) is 51.7 Å². The zero-order valence-corrected chi connectivity index (χ0v) is 20.2. The molecule has 1 amide bonds. The summed E-state index contributed by atoms with van der Waals surface area (Å²) in [6, 6.07) is 18.3. The molecule has 34 heavy (non-hydrogen) atoms. The van der Waals surface area contributed by atoms with Crippen molar-refractivity contribution in [3.8, 4) is 0 Å². The molecule has 0 radical (unpaired) electrons. The van der Waals surface area contributed by atoms with Crippen LogP contribution < -0.4 is 5.32 Å². The third-order valence-electron chi connectivity index (χ3n) is 5.66. The Morgan fingerprint density at radius 1 is 1.06 bits per heavy atom. The predicted molar refractivity (Wildman–Crippen MR) is 127 cm³/mol. The van der Waals surface area contributed by atoms with Gasteiger partial charge in [-0.15, -0.1) is 0 Å². The lowest BCUT2D eigenvalue weighted by atomic mass is 9.77. The Morgan fingerprint density at radius 2 is 1.65 bits per heavy atom. The van der Waals surface area contributed by atoms with E-state index in [1.807, 2.05) is 60.7 Å². The summed E-state index contributed by atoms with van der Waals surface area (Å²) in [6.45, 7) is 7.19. The maximum Gasteiger partial charge on any atom is 0.408 e. The molecule has 1 saturated heterocycles. The lowest BCUT2D eigenvalue weighted by Crippen LogP contribution is -2.47. The van der Waals surface area contributed by atoms with Crippen molar-refractivity contribution in [2.75, 3.05) is 6.61 Å². The van der Waals surface area contributed by atoms with Gasteiger partial charge in [0.05, 0.1) is 12.6 Å². The normalized spacial score (nSPS) is 20.8. The molecule has 1 N–H and O–H groups in total. The second-order valence-corrected chi connectivity index (χ2v) is 9.56. The van der Waals surface area contributed by atoms with Gasteiger partial charge in [-0.2, -0.15) is 0 Å². The summed E-state index contributed by atoms with van der Waals surface area (Å²) in [4.78, 5) is 38.9. The van der Waals surface area contributed by atoms with Gasteiger partial charge >= 0.3 is 18.0 Å². The standard InChI is InChI=1S/C27H33NO6/c1-5-32-23(29)27(17-20-14-10-7-11-15-20)18-22(33-24(27)30)21(16-19-12-8-6-9-13-19)28-25(31)34-26(2,3)4/h6-15,21-22H,5,16-18H2,1-4H3,(H,28,31). The number of benzene rings is 2. The van der Waals surface area contributed by atoms with E-state index in [1.54, 1.807) is 27.7 Å². The van der Waals surface area contributed by atoms with Crippen LogP contribution in [0.4, 0.5) is 4.79 Å². The molecule has 2 aromatic carbocycles. The van der Waals surface area contributed by atoms with Crippen molar-refractivity contribution in [1.29, 1.82) is 0 Å². The molecule has 7 heteroatoms. The van der Waals surface area contributed by atoms with Crippen molar-refractivity contribution >= 4 is 18.0 Å². The SMILES string of the molecule is CCOC(=O)C1(Cc2ccccc2)CC(C(Cc2ccccc2)NC(=O)OC(C)(C)C)OC1=O. The minimum Gasteiger partial charge on any atom is -0.465 e. The van der Waals surface area contributed by atoms with Crippen LogP contribution in [0.5, 0.6) is 0 Å². The van der Waals surface area contributed by atoms with Crippen molar-refractivity contribution in [3.05, 3.63) is 71.8 Å². The largest absolute Gasteiger partial charge is 0.465 e. The quantitative estimate of drug-likeness (QED) is 0.355. The molecule has 0 aromatic heterocycles. The molecule has 1 fully saturated rings. The Kier molecular flexibility index (Phi) is 7.97.